The molecule has 0 saturated carbocycles. The monoisotopic (exact) mass is 301 g/mol. The molecule has 2 aromatic carbocycles. The van der Waals surface area contributed by atoms with E-state index in [1.807, 2.05) is 18.2 Å². The van der Waals surface area contributed by atoms with E-state index in [9.17, 15) is 5.11 Å². The summed E-state index contributed by atoms with van der Waals surface area (Å²) in [4.78, 5) is 1.19. The van der Waals surface area contributed by atoms with Crippen molar-refractivity contribution in [2.75, 3.05) is 17.6 Å². The molecular weight excluding hydrogens is 278 g/mol. The second kappa shape index (κ2) is 8.11. The molecule has 1 unspecified atom stereocenters. The normalized spacial score (nSPS) is 12.4. The van der Waals surface area contributed by atoms with Crippen LogP contribution in [0.3, 0.4) is 0 Å². The molecule has 21 heavy (non-hydrogen) atoms. The van der Waals surface area contributed by atoms with Gasteiger partial charge >= 0.3 is 0 Å². The van der Waals surface area contributed by atoms with Gasteiger partial charge in [-0.2, -0.15) is 0 Å². The second-order valence-electron chi connectivity index (χ2n) is 5.44. The zero-order valence-corrected chi connectivity index (χ0v) is 13.4. The van der Waals surface area contributed by atoms with Crippen LogP contribution in [0.1, 0.15) is 25.3 Å². The Hall–Kier alpha value is -1.45. The van der Waals surface area contributed by atoms with Crippen LogP contribution < -0.4 is 5.32 Å². The third-order valence-corrected chi connectivity index (χ3v) is 4.46. The van der Waals surface area contributed by atoms with Crippen molar-refractivity contribution in [3.8, 4) is 0 Å². The van der Waals surface area contributed by atoms with Gasteiger partial charge in [-0.05, 0) is 35.7 Å². The molecule has 0 radical (unpaired) electrons. The molecule has 2 aromatic rings. The van der Waals surface area contributed by atoms with Gasteiger partial charge < -0.3 is 10.4 Å². The Balaban J connectivity index is 1.74. The zero-order chi connectivity index (χ0) is 15.1. The van der Waals surface area contributed by atoms with Crippen molar-refractivity contribution < 1.29 is 5.11 Å². The third-order valence-electron chi connectivity index (χ3n) is 3.30. The number of thioether (sulfide) groups is 1. The van der Waals surface area contributed by atoms with Crippen molar-refractivity contribution in [2.24, 2.45) is 0 Å². The molecule has 1 atom stereocenters. The van der Waals surface area contributed by atoms with Crippen molar-refractivity contribution in [1.29, 1.82) is 0 Å². The van der Waals surface area contributed by atoms with E-state index in [1.165, 1.54) is 10.5 Å². The Labute approximate surface area is 131 Å². The highest BCUT2D eigenvalue weighted by Crippen LogP contribution is 2.19. The number of hydrogen-bond acceptors (Lipinski definition) is 3. The predicted molar refractivity (Wildman–Crippen MR) is 92.2 cm³/mol. The molecule has 0 aliphatic rings. The van der Waals surface area contributed by atoms with E-state index in [2.05, 4.69) is 55.6 Å². The summed E-state index contributed by atoms with van der Waals surface area (Å²) in [6.45, 7) is 4.95. The molecule has 0 aliphatic heterocycles. The second-order valence-corrected chi connectivity index (χ2v) is 6.53. The highest BCUT2D eigenvalue weighted by molar-refractivity contribution is 7.99. The molecule has 0 fully saturated rings. The van der Waals surface area contributed by atoms with Crippen LogP contribution in [0.25, 0.3) is 0 Å². The first-order chi connectivity index (χ1) is 10.1. The first-order valence-corrected chi connectivity index (χ1v) is 8.33. The lowest BCUT2D eigenvalue weighted by Gasteiger charge is -2.13. The minimum Gasteiger partial charge on any atom is -0.390 e. The first kappa shape index (κ1) is 15.9. The summed E-state index contributed by atoms with van der Waals surface area (Å²) in [5.74, 6) is 1.24. The molecular formula is C18H23NOS. The van der Waals surface area contributed by atoms with Gasteiger partial charge in [0.25, 0.3) is 0 Å². The maximum atomic E-state index is 10.0. The number of hydrogen-bond donors (Lipinski definition) is 2. The molecule has 0 aliphatic carbocycles. The number of benzene rings is 2. The smallest absolute Gasteiger partial charge is 0.0806 e. The maximum absolute atomic E-state index is 10.0. The van der Waals surface area contributed by atoms with E-state index in [4.69, 9.17) is 0 Å². The molecule has 2 N–H and O–H groups in total. The quantitative estimate of drug-likeness (QED) is 0.745. The lowest BCUT2D eigenvalue weighted by molar-refractivity contribution is 0.213. The largest absolute Gasteiger partial charge is 0.390 e. The van der Waals surface area contributed by atoms with Gasteiger partial charge in [0, 0.05) is 22.9 Å². The Morgan fingerprint density at radius 1 is 1.00 bits per heavy atom. The van der Waals surface area contributed by atoms with E-state index >= 15 is 0 Å². The summed E-state index contributed by atoms with van der Waals surface area (Å²) in [6, 6.07) is 18.6. The standard InChI is InChI=1S/C18H23NOS/c1-14(2)15-8-10-16(11-9-15)19-12-17(20)13-21-18-6-4-3-5-7-18/h3-11,14,17,19-20H,12-13H2,1-2H3. The van der Waals surface area contributed by atoms with Crippen molar-refractivity contribution in [3.05, 3.63) is 60.2 Å². The fourth-order valence-electron chi connectivity index (χ4n) is 1.99. The van der Waals surface area contributed by atoms with Crippen molar-refractivity contribution in [3.63, 3.8) is 0 Å². The van der Waals surface area contributed by atoms with Gasteiger partial charge in [-0.1, -0.05) is 44.2 Å². The van der Waals surface area contributed by atoms with Gasteiger partial charge in [0.2, 0.25) is 0 Å². The van der Waals surface area contributed by atoms with Gasteiger partial charge in [-0.15, -0.1) is 11.8 Å². The number of aliphatic hydroxyl groups excluding tert-OH is 1. The molecule has 0 spiro atoms. The van der Waals surface area contributed by atoms with Crippen LogP contribution in [-0.4, -0.2) is 23.5 Å². The molecule has 0 heterocycles. The number of nitrogens with one attached hydrogen (secondary N) is 1. The van der Waals surface area contributed by atoms with Crippen LogP contribution in [-0.2, 0) is 0 Å². The topological polar surface area (TPSA) is 32.3 Å². The lowest BCUT2D eigenvalue weighted by atomic mass is 10.0. The molecule has 3 heteroatoms. The molecule has 0 amide bonds. The summed E-state index contributed by atoms with van der Waals surface area (Å²) < 4.78 is 0. The van der Waals surface area contributed by atoms with Gasteiger partial charge in [-0.25, -0.2) is 0 Å². The minimum atomic E-state index is -0.361. The van der Waals surface area contributed by atoms with Gasteiger partial charge in [-0.3, -0.25) is 0 Å². The average molecular weight is 301 g/mol. The first-order valence-electron chi connectivity index (χ1n) is 7.35. The summed E-state index contributed by atoms with van der Waals surface area (Å²) in [5, 5.41) is 13.3. The summed E-state index contributed by atoms with van der Waals surface area (Å²) >= 11 is 1.68. The fraction of sp³-hybridized carbons (Fsp3) is 0.333. The van der Waals surface area contributed by atoms with Crippen LogP contribution in [0, 0.1) is 0 Å². The summed E-state index contributed by atoms with van der Waals surface area (Å²) in [5.41, 5.74) is 2.39. The van der Waals surface area contributed by atoms with Crippen LogP contribution >= 0.6 is 11.8 Å². The van der Waals surface area contributed by atoms with E-state index < -0.39 is 0 Å². The average Bonchev–Trinajstić information content (AvgIpc) is 2.52. The lowest BCUT2D eigenvalue weighted by Crippen LogP contribution is -2.21. The maximum Gasteiger partial charge on any atom is 0.0806 e. The summed E-state index contributed by atoms with van der Waals surface area (Å²) in [6.07, 6.45) is -0.361. The zero-order valence-electron chi connectivity index (χ0n) is 12.6. The number of rotatable bonds is 7. The molecule has 0 bridgehead atoms. The summed E-state index contributed by atoms with van der Waals surface area (Å²) in [7, 11) is 0. The van der Waals surface area contributed by atoms with E-state index in [-0.39, 0.29) is 6.10 Å². The number of anilines is 1. The third kappa shape index (κ3) is 5.44. The minimum absolute atomic E-state index is 0.361. The Morgan fingerprint density at radius 2 is 1.67 bits per heavy atom. The molecule has 0 aromatic heterocycles. The van der Waals surface area contributed by atoms with Crippen molar-refractivity contribution in [2.45, 2.75) is 30.8 Å². The predicted octanol–water partition coefficient (Wildman–Crippen LogP) is 4.38. The molecule has 2 nitrogen and oxygen atoms in total. The van der Waals surface area contributed by atoms with Gasteiger partial charge in [0.15, 0.2) is 0 Å². The Bertz CT molecular complexity index is 525. The van der Waals surface area contributed by atoms with E-state index in [0.29, 0.717) is 18.2 Å². The van der Waals surface area contributed by atoms with Crippen molar-refractivity contribution in [1.82, 2.24) is 0 Å². The van der Waals surface area contributed by atoms with Gasteiger partial charge in [0.1, 0.15) is 0 Å². The Morgan fingerprint density at radius 3 is 2.29 bits per heavy atom. The van der Waals surface area contributed by atoms with Gasteiger partial charge in [0.05, 0.1) is 6.10 Å². The van der Waals surface area contributed by atoms with E-state index in [0.717, 1.165) is 5.69 Å². The van der Waals surface area contributed by atoms with Crippen LogP contribution in [0.4, 0.5) is 5.69 Å². The highest BCUT2D eigenvalue weighted by Gasteiger charge is 2.05. The van der Waals surface area contributed by atoms with Crippen LogP contribution in [0.15, 0.2) is 59.5 Å². The molecule has 0 saturated heterocycles. The SMILES string of the molecule is CC(C)c1ccc(NCC(O)CSc2ccccc2)cc1. The van der Waals surface area contributed by atoms with E-state index in [1.54, 1.807) is 11.8 Å². The van der Waals surface area contributed by atoms with Crippen LogP contribution in [0.5, 0.6) is 0 Å². The van der Waals surface area contributed by atoms with Crippen LogP contribution in [0.2, 0.25) is 0 Å². The fourth-order valence-corrected chi connectivity index (χ4v) is 2.84. The number of aliphatic hydroxyl groups is 1. The van der Waals surface area contributed by atoms with Crippen molar-refractivity contribution >= 4 is 17.4 Å². The molecule has 2 rings (SSSR count). The Kier molecular flexibility index (Phi) is 6.15. The molecule has 112 valence electrons. The highest BCUT2D eigenvalue weighted by atomic mass is 32.2.